The molecular formula is C19H23ClN2O4S. The van der Waals surface area contributed by atoms with Crippen LogP contribution in [0.3, 0.4) is 0 Å². The molecule has 8 heteroatoms. The van der Waals surface area contributed by atoms with Gasteiger partial charge in [-0.25, -0.2) is 8.42 Å². The van der Waals surface area contributed by atoms with E-state index in [1.54, 1.807) is 32.0 Å². The summed E-state index contributed by atoms with van der Waals surface area (Å²) in [7, 11) is -3.77. The molecule has 0 unspecified atom stereocenters. The molecule has 1 amide bonds. The van der Waals surface area contributed by atoms with Crippen LogP contribution in [0.15, 0.2) is 47.4 Å². The fourth-order valence-corrected chi connectivity index (χ4v) is 3.58. The lowest BCUT2D eigenvalue weighted by Crippen LogP contribution is -2.40. The highest BCUT2D eigenvalue weighted by molar-refractivity contribution is 7.92. The lowest BCUT2D eigenvalue weighted by molar-refractivity contribution is -0.127. The summed E-state index contributed by atoms with van der Waals surface area (Å²) in [6.45, 7) is 7.09. The molecule has 0 aliphatic rings. The Morgan fingerprint density at radius 1 is 1.07 bits per heavy atom. The monoisotopic (exact) mass is 410 g/mol. The van der Waals surface area contributed by atoms with E-state index in [0.717, 1.165) is 0 Å². The first-order chi connectivity index (χ1) is 12.6. The van der Waals surface area contributed by atoms with Crippen molar-refractivity contribution in [2.45, 2.75) is 44.7 Å². The Morgan fingerprint density at radius 2 is 1.70 bits per heavy atom. The summed E-state index contributed by atoms with van der Waals surface area (Å²) in [4.78, 5) is 12.0. The molecule has 2 rings (SSSR count). The zero-order valence-corrected chi connectivity index (χ0v) is 17.2. The second-order valence-corrected chi connectivity index (χ2v) is 8.50. The number of anilines is 1. The summed E-state index contributed by atoms with van der Waals surface area (Å²) in [5.74, 6) is 0.166. The third-order valence-corrected chi connectivity index (χ3v) is 5.55. The lowest BCUT2D eigenvalue weighted by Gasteiger charge is -2.17. The van der Waals surface area contributed by atoms with Gasteiger partial charge in [-0.3, -0.25) is 9.52 Å². The van der Waals surface area contributed by atoms with E-state index in [4.69, 9.17) is 16.3 Å². The maximum absolute atomic E-state index is 12.6. The molecule has 0 aromatic heterocycles. The molecule has 1 atom stereocenters. The van der Waals surface area contributed by atoms with Crippen molar-refractivity contribution in [1.29, 1.82) is 0 Å². The van der Waals surface area contributed by atoms with Crippen LogP contribution in [-0.2, 0) is 14.8 Å². The van der Waals surface area contributed by atoms with E-state index < -0.39 is 16.1 Å². The molecule has 0 aliphatic heterocycles. The Balaban J connectivity index is 2.11. The van der Waals surface area contributed by atoms with Crippen molar-refractivity contribution in [3.63, 3.8) is 0 Å². The minimum Gasteiger partial charge on any atom is -0.481 e. The van der Waals surface area contributed by atoms with E-state index in [1.807, 2.05) is 13.8 Å². The number of hydrogen-bond donors (Lipinski definition) is 2. The van der Waals surface area contributed by atoms with Gasteiger partial charge < -0.3 is 10.1 Å². The third kappa shape index (κ3) is 5.61. The number of benzene rings is 2. The number of amides is 1. The van der Waals surface area contributed by atoms with Gasteiger partial charge in [-0.15, -0.1) is 0 Å². The number of carbonyl (C=O) groups excluding carboxylic acids is 1. The standard InChI is InChI=1S/C19H23ClN2O4S/c1-12(2)21-19(23)14(4)26-15-8-10-16(11-9-15)27(24,25)22-18-7-5-6-17(20)13(18)3/h5-12,14,22H,1-4H3,(H,21,23)/t14-/m0/s1. The highest BCUT2D eigenvalue weighted by atomic mass is 35.5. The number of halogens is 1. The van der Waals surface area contributed by atoms with Gasteiger partial charge in [0.25, 0.3) is 15.9 Å². The molecule has 0 fully saturated rings. The Kier molecular flexibility index (Phi) is 6.73. The Bertz CT molecular complexity index is 912. The first kappa shape index (κ1) is 21.1. The van der Waals surface area contributed by atoms with Crippen LogP contribution in [0.1, 0.15) is 26.3 Å². The van der Waals surface area contributed by atoms with E-state index >= 15 is 0 Å². The van der Waals surface area contributed by atoms with Crippen LogP contribution < -0.4 is 14.8 Å². The Morgan fingerprint density at radius 3 is 2.30 bits per heavy atom. The van der Waals surface area contributed by atoms with Crippen LogP contribution in [0.4, 0.5) is 5.69 Å². The van der Waals surface area contributed by atoms with Crippen molar-refractivity contribution in [1.82, 2.24) is 5.32 Å². The molecule has 2 aromatic carbocycles. The number of hydrogen-bond acceptors (Lipinski definition) is 4. The molecule has 0 saturated carbocycles. The van der Waals surface area contributed by atoms with Gasteiger partial charge in [0.1, 0.15) is 5.75 Å². The average molecular weight is 411 g/mol. The van der Waals surface area contributed by atoms with Gasteiger partial charge in [-0.1, -0.05) is 17.7 Å². The smallest absolute Gasteiger partial charge is 0.261 e. The Hall–Kier alpha value is -2.25. The van der Waals surface area contributed by atoms with Gasteiger partial charge in [0.2, 0.25) is 0 Å². The topological polar surface area (TPSA) is 84.5 Å². The van der Waals surface area contributed by atoms with Gasteiger partial charge in [-0.05, 0) is 69.7 Å². The minimum atomic E-state index is -3.77. The van der Waals surface area contributed by atoms with Crippen molar-refractivity contribution in [3.8, 4) is 5.75 Å². The number of sulfonamides is 1. The SMILES string of the molecule is Cc1c(Cl)cccc1NS(=O)(=O)c1ccc(O[C@@H](C)C(=O)NC(C)C)cc1. The second-order valence-electron chi connectivity index (χ2n) is 6.41. The molecule has 0 aliphatic carbocycles. The van der Waals surface area contributed by atoms with Gasteiger partial charge in [-0.2, -0.15) is 0 Å². The molecule has 0 spiro atoms. The molecule has 146 valence electrons. The van der Waals surface area contributed by atoms with Gasteiger partial charge in [0.05, 0.1) is 10.6 Å². The first-order valence-corrected chi connectivity index (χ1v) is 10.3. The van der Waals surface area contributed by atoms with Crippen LogP contribution in [0.2, 0.25) is 5.02 Å². The maximum Gasteiger partial charge on any atom is 0.261 e. The normalized spacial score (nSPS) is 12.5. The van der Waals surface area contributed by atoms with E-state index in [0.29, 0.717) is 22.0 Å². The average Bonchev–Trinajstić information content (AvgIpc) is 2.58. The third-order valence-electron chi connectivity index (χ3n) is 3.76. The molecular weight excluding hydrogens is 388 g/mol. The number of nitrogens with one attached hydrogen (secondary N) is 2. The molecule has 0 heterocycles. The largest absolute Gasteiger partial charge is 0.481 e. The van der Waals surface area contributed by atoms with Crippen molar-refractivity contribution in [2.75, 3.05) is 4.72 Å². The molecule has 2 aromatic rings. The van der Waals surface area contributed by atoms with E-state index in [2.05, 4.69) is 10.0 Å². The van der Waals surface area contributed by atoms with E-state index in [9.17, 15) is 13.2 Å². The molecule has 27 heavy (non-hydrogen) atoms. The summed E-state index contributed by atoms with van der Waals surface area (Å²) in [6, 6.07) is 10.9. The number of ether oxygens (including phenoxy) is 1. The number of carbonyl (C=O) groups is 1. The second kappa shape index (κ2) is 8.63. The highest BCUT2D eigenvalue weighted by Crippen LogP contribution is 2.26. The van der Waals surface area contributed by atoms with Gasteiger partial charge in [0, 0.05) is 11.1 Å². The van der Waals surface area contributed by atoms with E-state index in [-0.39, 0.29) is 16.8 Å². The maximum atomic E-state index is 12.6. The molecule has 2 N–H and O–H groups in total. The quantitative estimate of drug-likeness (QED) is 0.728. The summed E-state index contributed by atoms with van der Waals surface area (Å²) < 4.78 is 33.2. The van der Waals surface area contributed by atoms with Crippen molar-refractivity contribution in [3.05, 3.63) is 53.1 Å². The predicted molar refractivity (Wildman–Crippen MR) is 107 cm³/mol. The van der Waals surface area contributed by atoms with Crippen LogP contribution in [-0.4, -0.2) is 26.5 Å². The fourth-order valence-electron chi connectivity index (χ4n) is 2.28. The molecule has 6 nitrogen and oxygen atoms in total. The molecule has 0 radical (unpaired) electrons. The zero-order chi connectivity index (χ0) is 20.2. The first-order valence-electron chi connectivity index (χ1n) is 8.45. The van der Waals surface area contributed by atoms with Crippen molar-refractivity contribution in [2.24, 2.45) is 0 Å². The summed E-state index contributed by atoms with van der Waals surface area (Å²) in [5.41, 5.74) is 1.06. The summed E-state index contributed by atoms with van der Waals surface area (Å²) in [5, 5.41) is 3.23. The van der Waals surface area contributed by atoms with Gasteiger partial charge in [0.15, 0.2) is 6.10 Å². The van der Waals surface area contributed by atoms with Crippen molar-refractivity contribution < 1.29 is 17.9 Å². The zero-order valence-electron chi connectivity index (χ0n) is 15.6. The summed E-state index contributed by atoms with van der Waals surface area (Å²) in [6.07, 6.45) is -0.693. The highest BCUT2D eigenvalue weighted by Gasteiger charge is 2.18. The Labute approximate surface area is 164 Å². The van der Waals surface area contributed by atoms with Crippen LogP contribution in [0.25, 0.3) is 0 Å². The lowest BCUT2D eigenvalue weighted by atomic mass is 10.2. The predicted octanol–water partition coefficient (Wildman–Crippen LogP) is 3.74. The fraction of sp³-hybridized carbons (Fsp3) is 0.316. The van der Waals surface area contributed by atoms with Gasteiger partial charge >= 0.3 is 0 Å². The van der Waals surface area contributed by atoms with E-state index in [1.165, 1.54) is 24.3 Å². The molecule has 0 bridgehead atoms. The van der Waals surface area contributed by atoms with Crippen molar-refractivity contribution >= 4 is 33.2 Å². The number of rotatable bonds is 7. The molecule has 0 saturated heterocycles. The van der Waals surface area contributed by atoms with Crippen LogP contribution >= 0.6 is 11.6 Å². The summed E-state index contributed by atoms with van der Waals surface area (Å²) >= 11 is 6.03. The van der Waals surface area contributed by atoms with Crippen LogP contribution in [0.5, 0.6) is 5.75 Å². The van der Waals surface area contributed by atoms with Crippen LogP contribution in [0, 0.1) is 6.92 Å². The minimum absolute atomic E-state index is 0.0112.